The van der Waals surface area contributed by atoms with Gasteiger partial charge in [-0.3, -0.25) is 12.5 Å². The van der Waals surface area contributed by atoms with E-state index in [0.717, 1.165) is 38.5 Å². The van der Waals surface area contributed by atoms with Crippen LogP contribution in [-0.4, -0.2) is 58.7 Å². The third-order valence-electron chi connectivity index (χ3n) is 11.2. The summed E-state index contributed by atoms with van der Waals surface area (Å²) in [4.78, 5) is 0. The van der Waals surface area contributed by atoms with Crippen molar-refractivity contribution in [2.24, 2.45) is 0 Å². The third-order valence-corrected chi connectivity index (χ3v) is 12.5. The SMILES string of the molecule is CCCCCCCCCCCCCCCCOS(=O)(=O)[O-].CCCCCCCCCCCCCCCCOS(=O)(=O)[O-].CCCCCCCCCCCCCCCCOS(=O)(=O)[O-].[Fe+3]. The minimum Gasteiger partial charge on any atom is -0.726 e. The van der Waals surface area contributed by atoms with Gasteiger partial charge in [0.1, 0.15) is 0 Å². The van der Waals surface area contributed by atoms with Crippen molar-refractivity contribution in [1.82, 2.24) is 0 Å². The number of unbranched alkanes of at least 4 members (excludes halogenated alkanes) is 39. The van der Waals surface area contributed by atoms with Crippen molar-refractivity contribution in [2.45, 2.75) is 290 Å². The van der Waals surface area contributed by atoms with Crippen LogP contribution in [0.1, 0.15) is 290 Å². The second kappa shape index (κ2) is 55.7. The van der Waals surface area contributed by atoms with Gasteiger partial charge < -0.3 is 13.7 Å². The Labute approximate surface area is 407 Å². The van der Waals surface area contributed by atoms with Crippen molar-refractivity contribution in [3.63, 3.8) is 0 Å². The molecule has 0 unspecified atom stereocenters. The zero-order chi connectivity index (χ0) is 47.4. The van der Waals surface area contributed by atoms with Gasteiger partial charge in [-0.25, -0.2) is 25.3 Å². The number of rotatable bonds is 48. The summed E-state index contributed by atoms with van der Waals surface area (Å²) in [6, 6.07) is 0. The molecule has 0 atom stereocenters. The van der Waals surface area contributed by atoms with E-state index < -0.39 is 31.2 Å². The molecule has 0 spiro atoms. The fourth-order valence-corrected chi connectivity index (χ4v) is 8.34. The van der Waals surface area contributed by atoms with Crippen molar-refractivity contribution >= 4 is 31.2 Å². The van der Waals surface area contributed by atoms with Gasteiger partial charge >= 0.3 is 17.1 Å². The van der Waals surface area contributed by atoms with Gasteiger partial charge in [0, 0.05) is 0 Å². The first kappa shape index (κ1) is 70.7. The molecule has 0 fully saturated rings. The maximum atomic E-state index is 10.2. The van der Waals surface area contributed by atoms with Crippen molar-refractivity contribution in [1.29, 1.82) is 0 Å². The molecule has 64 heavy (non-hydrogen) atoms. The van der Waals surface area contributed by atoms with Crippen LogP contribution < -0.4 is 0 Å². The zero-order valence-corrected chi connectivity index (χ0v) is 44.9. The second-order valence-corrected chi connectivity index (χ2v) is 20.6. The second-order valence-electron chi connectivity index (χ2n) is 17.5. The van der Waals surface area contributed by atoms with Gasteiger partial charge in [0.05, 0.1) is 19.8 Å². The minimum atomic E-state index is -4.49. The molecule has 389 valence electrons. The summed E-state index contributed by atoms with van der Waals surface area (Å²) in [6.07, 6.45) is 52.2. The van der Waals surface area contributed by atoms with E-state index >= 15 is 0 Å². The first-order valence-electron chi connectivity index (χ1n) is 26.0. The van der Waals surface area contributed by atoms with Crippen LogP contribution in [0.3, 0.4) is 0 Å². The maximum Gasteiger partial charge on any atom is 3.00 e. The van der Waals surface area contributed by atoms with Gasteiger partial charge in [-0.05, 0) is 19.3 Å². The van der Waals surface area contributed by atoms with Crippen molar-refractivity contribution in [3.8, 4) is 0 Å². The fraction of sp³-hybridized carbons (Fsp3) is 1.00. The molecule has 0 rings (SSSR count). The molecule has 0 heterocycles. The van der Waals surface area contributed by atoms with E-state index in [9.17, 15) is 38.9 Å². The molecule has 0 aliphatic carbocycles. The first-order chi connectivity index (χ1) is 30.2. The molecule has 0 aliphatic rings. The van der Waals surface area contributed by atoms with Crippen LogP contribution >= 0.6 is 0 Å². The molecular formula is C48H99FeO12S3. The van der Waals surface area contributed by atoms with E-state index in [1.807, 2.05) is 0 Å². The monoisotopic (exact) mass is 1020 g/mol. The van der Waals surface area contributed by atoms with Crippen LogP contribution in [-0.2, 0) is 60.8 Å². The van der Waals surface area contributed by atoms with Gasteiger partial charge in [0.25, 0.3) is 0 Å². The Hall–Kier alpha value is 0.129. The summed E-state index contributed by atoms with van der Waals surface area (Å²) >= 11 is 0. The van der Waals surface area contributed by atoms with Crippen LogP contribution in [0.25, 0.3) is 0 Å². The van der Waals surface area contributed by atoms with Gasteiger partial charge in [0.2, 0.25) is 31.2 Å². The van der Waals surface area contributed by atoms with E-state index in [1.165, 1.54) is 212 Å². The summed E-state index contributed by atoms with van der Waals surface area (Å²) in [6.45, 7) is 6.84. The van der Waals surface area contributed by atoms with Gasteiger partial charge in [-0.2, -0.15) is 0 Å². The van der Waals surface area contributed by atoms with Crippen LogP contribution in [0.15, 0.2) is 0 Å². The predicted octanol–water partition coefficient (Wildman–Crippen LogP) is 14.8. The van der Waals surface area contributed by atoms with Gasteiger partial charge in [-0.1, -0.05) is 271 Å². The topological polar surface area (TPSA) is 199 Å². The molecule has 0 aromatic rings. The van der Waals surface area contributed by atoms with E-state index in [1.54, 1.807) is 0 Å². The van der Waals surface area contributed by atoms with Crippen molar-refractivity contribution in [2.75, 3.05) is 19.8 Å². The Bertz CT molecular complexity index is 1060. The van der Waals surface area contributed by atoms with E-state index in [0.29, 0.717) is 19.3 Å². The normalized spacial score (nSPS) is 11.7. The minimum absolute atomic E-state index is 0. The molecule has 0 aromatic heterocycles. The Balaban J connectivity index is -0.000000419. The molecule has 0 N–H and O–H groups in total. The zero-order valence-electron chi connectivity index (χ0n) is 41.3. The Morgan fingerprint density at radius 3 is 0.453 bits per heavy atom. The molecule has 0 aromatic carbocycles. The number of hydrogen-bond donors (Lipinski definition) is 0. The predicted molar refractivity (Wildman–Crippen MR) is 258 cm³/mol. The molecule has 16 heteroatoms. The van der Waals surface area contributed by atoms with E-state index in [2.05, 4.69) is 33.3 Å². The summed E-state index contributed by atoms with van der Waals surface area (Å²) in [5.41, 5.74) is 0. The molecule has 0 saturated heterocycles. The Morgan fingerprint density at radius 2 is 0.344 bits per heavy atom. The molecule has 0 aliphatic heterocycles. The summed E-state index contributed by atoms with van der Waals surface area (Å²) < 4.78 is 104. The van der Waals surface area contributed by atoms with Crippen LogP contribution in [0.2, 0.25) is 0 Å². The molecule has 0 amide bonds. The van der Waals surface area contributed by atoms with E-state index in [4.69, 9.17) is 0 Å². The summed E-state index contributed by atoms with van der Waals surface area (Å²) in [5, 5.41) is 0. The van der Waals surface area contributed by atoms with Crippen molar-refractivity contribution < 1.29 is 68.5 Å². The van der Waals surface area contributed by atoms with Crippen LogP contribution in [0.4, 0.5) is 0 Å². The molecule has 1 radical (unpaired) electrons. The van der Waals surface area contributed by atoms with Crippen LogP contribution in [0, 0.1) is 0 Å². The average molecular weight is 1020 g/mol. The number of hydrogen-bond acceptors (Lipinski definition) is 12. The fourth-order valence-electron chi connectivity index (χ4n) is 7.37. The van der Waals surface area contributed by atoms with Crippen molar-refractivity contribution in [3.05, 3.63) is 0 Å². The molecule has 12 nitrogen and oxygen atoms in total. The Morgan fingerprint density at radius 1 is 0.234 bits per heavy atom. The molecular weight excluding hydrogens is 921 g/mol. The average Bonchev–Trinajstić information content (AvgIpc) is 3.21. The largest absolute Gasteiger partial charge is 3.00 e. The standard InChI is InChI=1S/3C16H34O4S.Fe/c3*1-2-3-4-5-6-7-8-9-10-11-12-13-14-15-16-20-21(17,18)19;/h3*2-16H2,1H3,(H,17,18,19);/q;;;+3/p-3. The van der Waals surface area contributed by atoms with Gasteiger partial charge in [-0.15, -0.1) is 0 Å². The molecule has 0 bridgehead atoms. The van der Waals surface area contributed by atoms with E-state index in [-0.39, 0.29) is 36.9 Å². The first-order valence-corrected chi connectivity index (χ1v) is 30.0. The van der Waals surface area contributed by atoms with Crippen LogP contribution in [0.5, 0.6) is 0 Å². The van der Waals surface area contributed by atoms with Gasteiger partial charge in [0.15, 0.2) is 0 Å². The molecule has 0 saturated carbocycles. The quantitative estimate of drug-likeness (QED) is 0.0242. The Kier molecular flexibility index (Phi) is 61.5. The smallest absolute Gasteiger partial charge is 0.726 e. The third kappa shape index (κ3) is 79.2. The summed E-state index contributed by atoms with van der Waals surface area (Å²) in [5.74, 6) is 0. The summed E-state index contributed by atoms with van der Waals surface area (Å²) in [7, 11) is -13.5. The maximum absolute atomic E-state index is 10.2.